The van der Waals surface area contributed by atoms with Crippen molar-refractivity contribution in [2.75, 3.05) is 0 Å². The minimum atomic E-state index is 0.366. The zero-order valence-corrected chi connectivity index (χ0v) is 12.4. The van der Waals surface area contributed by atoms with Gasteiger partial charge in [-0.25, -0.2) is 4.98 Å². The van der Waals surface area contributed by atoms with Crippen LogP contribution in [-0.4, -0.2) is 24.3 Å². The molecule has 0 bridgehead atoms. The Hall–Kier alpha value is -1.59. The molecule has 7 heteroatoms. The van der Waals surface area contributed by atoms with Crippen LogP contribution in [0.2, 0.25) is 5.02 Å². The number of nitrogens with zero attached hydrogens (tertiary/aromatic N) is 5. The van der Waals surface area contributed by atoms with Gasteiger partial charge in [0.15, 0.2) is 0 Å². The molecule has 0 aliphatic heterocycles. The van der Waals surface area contributed by atoms with Crippen LogP contribution in [0.3, 0.4) is 0 Å². The minimum absolute atomic E-state index is 0.366. The number of imidazole rings is 1. The summed E-state index contributed by atoms with van der Waals surface area (Å²) < 4.78 is 4.02. The molecule has 0 amide bonds. The predicted molar refractivity (Wildman–Crippen MR) is 79.0 cm³/mol. The molecule has 0 unspecified atom stereocenters. The zero-order chi connectivity index (χ0) is 14.1. The monoisotopic (exact) mass is 309 g/mol. The van der Waals surface area contributed by atoms with Crippen LogP contribution in [0.5, 0.6) is 0 Å². The first kappa shape index (κ1) is 13.4. The second-order valence-electron chi connectivity index (χ2n) is 4.55. The molecule has 2 heterocycles. The van der Waals surface area contributed by atoms with E-state index in [1.54, 1.807) is 6.33 Å². The molecule has 0 aliphatic rings. The molecule has 0 saturated carbocycles. The minimum Gasteiger partial charge on any atom is -0.327 e. The van der Waals surface area contributed by atoms with Crippen LogP contribution in [0, 0.1) is 0 Å². The number of aromatic nitrogens is 5. The Morgan fingerprint density at radius 2 is 2.10 bits per heavy atom. The van der Waals surface area contributed by atoms with Crippen molar-refractivity contribution in [2.45, 2.75) is 18.8 Å². The summed E-state index contributed by atoms with van der Waals surface area (Å²) in [6, 6.07) is 5.69. The number of aryl methyl sites for hydroxylation is 3. The lowest BCUT2D eigenvalue weighted by Crippen LogP contribution is -2.08. The van der Waals surface area contributed by atoms with E-state index in [2.05, 4.69) is 19.7 Å². The van der Waals surface area contributed by atoms with Gasteiger partial charge < -0.3 is 9.13 Å². The lowest BCUT2D eigenvalue weighted by atomic mass is 10.3. The number of benzene rings is 1. The summed E-state index contributed by atoms with van der Waals surface area (Å²) in [5.41, 5.74) is 1.90. The highest BCUT2D eigenvalue weighted by Gasteiger charge is 2.11. The van der Waals surface area contributed by atoms with Gasteiger partial charge in [0, 0.05) is 25.0 Å². The smallest absolute Gasteiger partial charge is 0.134 e. The van der Waals surface area contributed by atoms with E-state index < -0.39 is 0 Å². The zero-order valence-electron chi connectivity index (χ0n) is 10.9. The van der Waals surface area contributed by atoms with Gasteiger partial charge in [-0.05, 0) is 18.2 Å². The van der Waals surface area contributed by atoms with Crippen molar-refractivity contribution in [2.24, 2.45) is 7.05 Å². The van der Waals surface area contributed by atoms with E-state index in [9.17, 15) is 0 Å². The van der Waals surface area contributed by atoms with Crippen molar-refractivity contribution in [3.05, 3.63) is 41.2 Å². The van der Waals surface area contributed by atoms with Crippen molar-refractivity contribution in [1.29, 1.82) is 0 Å². The van der Waals surface area contributed by atoms with E-state index in [-0.39, 0.29) is 0 Å². The maximum atomic E-state index is 6.00. The molecule has 20 heavy (non-hydrogen) atoms. The number of alkyl halides is 1. The van der Waals surface area contributed by atoms with E-state index in [4.69, 9.17) is 23.2 Å². The normalized spacial score (nSPS) is 11.3. The second kappa shape index (κ2) is 5.42. The highest BCUT2D eigenvalue weighted by Crippen LogP contribution is 2.21. The average molecular weight is 310 g/mol. The summed E-state index contributed by atoms with van der Waals surface area (Å²) in [5.74, 6) is 2.14. The highest BCUT2D eigenvalue weighted by molar-refractivity contribution is 6.31. The van der Waals surface area contributed by atoms with Crippen LogP contribution >= 0.6 is 23.2 Å². The molecule has 3 rings (SSSR count). The fourth-order valence-electron chi connectivity index (χ4n) is 2.25. The van der Waals surface area contributed by atoms with Crippen molar-refractivity contribution in [1.82, 2.24) is 24.3 Å². The number of hydrogen-bond donors (Lipinski definition) is 0. The Labute approximate surface area is 126 Å². The Morgan fingerprint density at radius 3 is 2.80 bits per heavy atom. The van der Waals surface area contributed by atoms with Gasteiger partial charge in [0.05, 0.1) is 16.9 Å². The SMILES string of the molecule is Cn1cnnc1CCn1c(CCl)nc2cc(Cl)ccc21. The third-order valence-electron chi connectivity index (χ3n) is 3.27. The van der Waals surface area contributed by atoms with Gasteiger partial charge >= 0.3 is 0 Å². The Balaban J connectivity index is 1.95. The second-order valence-corrected chi connectivity index (χ2v) is 5.26. The molecule has 0 saturated heterocycles. The topological polar surface area (TPSA) is 48.5 Å². The highest BCUT2D eigenvalue weighted by atomic mass is 35.5. The summed E-state index contributed by atoms with van der Waals surface area (Å²) in [6.45, 7) is 0.757. The van der Waals surface area contributed by atoms with Crippen LogP contribution < -0.4 is 0 Å². The summed E-state index contributed by atoms with van der Waals surface area (Å²) >= 11 is 12.0. The first-order valence-electron chi connectivity index (χ1n) is 6.22. The van der Waals surface area contributed by atoms with Gasteiger partial charge in [-0.15, -0.1) is 21.8 Å². The molecule has 0 spiro atoms. The molecule has 0 fully saturated rings. The standard InChI is InChI=1S/C13H13Cl2N5/c1-19-8-16-18-12(19)4-5-20-11-3-2-9(15)6-10(11)17-13(20)7-14/h2-3,6,8H,4-5,7H2,1H3. The summed E-state index contributed by atoms with van der Waals surface area (Å²) in [4.78, 5) is 4.52. The molecule has 0 aliphatic carbocycles. The van der Waals surface area contributed by atoms with E-state index >= 15 is 0 Å². The third-order valence-corrected chi connectivity index (χ3v) is 3.75. The molecular weight excluding hydrogens is 297 g/mol. The maximum Gasteiger partial charge on any atom is 0.134 e. The summed E-state index contributed by atoms with van der Waals surface area (Å²) in [5, 5.41) is 8.65. The van der Waals surface area contributed by atoms with Gasteiger partial charge in [-0.2, -0.15) is 0 Å². The first-order valence-corrected chi connectivity index (χ1v) is 7.14. The molecule has 5 nitrogen and oxygen atoms in total. The molecule has 1 aromatic carbocycles. The third kappa shape index (κ3) is 2.39. The lowest BCUT2D eigenvalue weighted by Gasteiger charge is -2.07. The van der Waals surface area contributed by atoms with E-state index in [0.717, 1.165) is 35.6 Å². The number of hydrogen-bond acceptors (Lipinski definition) is 3. The van der Waals surface area contributed by atoms with Crippen molar-refractivity contribution >= 4 is 34.2 Å². The van der Waals surface area contributed by atoms with E-state index in [1.807, 2.05) is 29.8 Å². The number of rotatable bonds is 4. The van der Waals surface area contributed by atoms with Gasteiger partial charge in [-0.1, -0.05) is 11.6 Å². The van der Waals surface area contributed by atoms with Crippen molar-refractivity contribution < 1.29 is 0 Å². The molecule has 2 aromatic heterocycles. The fraction of sp³-hybridized carbons (Fsp3) is 0.308. The van der Waals surface area contributed by atoms with Crippen LogP contribution in [0.25, 0.3) is 11.0 Å². The first-order chi connectivity index (χ1) is 9.69. The van der Waals surface area contributed by atoms with Gasteiger partial charge in [0.2, 0.25) is 0 Å². The van der Waals surface area contributed by atoms with E-state index in [1.165, 1.54) is 0 Å². The molecule has 3 aromatic rings. The molecule has 104 valence electrons. The van der Waals surface area contributed by atoms with Crippen molar-refractivity contribution in [3.8, 4) is 0 Å². The van der Waals surface area contributed by atoms with E-state index in [0.29, 0.717) is 10.9 Å². The lowest BCUT2D eigenvalue weighted by molar-refractivity contribution is 0.645. The van der Waals surface area contributed by atoms with Gasteiger partial charge in [0.25, 0.3) is 0 Å². The molecule has 0 N–H and O–H groups in total. The number of halogens is 2. The van der Waals surface area contributed by atoms with Gasteiger partial charge in [-0.3, -0.25) is 0 Å². The Kier molecular flexibility index (Phi) is 3.63. The average Bonchev–Trinajstić information content (AvgIpc) is 2.99. The summed E-state index contributed by atoms with van der Waals surface area (Å²) in [7, 11) is 1.93. The summed E-state index contributed by atoms with van der Waals surface area (Å²) in [6.07, 6.45) is 2.47. The molecular formula is C13H13Cl2N5. The van der Waals surface area contributed by atoms with Crippen LogP contribution in [-0.2, 0) is 25.9 Å². The predicted octanol–water partition coefficient (Wildman–Crippen LogP) is 2.80. The van der Waals surface area contributed by atoms with Crippen molar-refractivity contribution in [3.63, 3.8) is 0 Å². The fourth-order valence-corrected chi connectivity index (χ4v) is 2.62. The van der Waals surface area contributed by atoms with Crippen LogP contribution in [0.4, 0.5) is 0 Å². The van der Waals surface area contributed by atoms with Gasteiger partial charge in [0.1, 0.15) is 18.0 Å². The maximum absolute atomic E-state index is 6.00. The quantitative estimate of drug-likeness (QED) is 0.696. The number of fused-ring (bicyclic) bond motifs is 1. The van der Waals surface area contributed by atoms with Crippen LogP contribution in [0.15, 0.2) is 24.5 Å². The largest absolute Gasteiger partial charge is 0.327 e. The Morgan fingerprint density at radius 1 is 1.25 bits per heavy atom. The van der Waals surface area contributed by atoms with Crippen LogP contribution in [0.1, 0.15) is 11.6 Å². The molecule has 0 atom stereocenters. The molecule has 0 radical (unpaired) electrons. The Bertz CT molecular complexity index is 746.